The lowest BCUT2D eigenvalue weighted by atomic mass is 10.3. The third-order valence-electron chi connectivity index (χ3n) is 1.98. The maximum Gasteiger partial charge on any atom is 0.299 e. The normalized spacial score (nSPS) is 9.60. The van der Waals surface area contributed by atoms with Crippen molar-refractivity contribution in [2.24, 2.45) is 7.05 Å². The van der Waals surface area contributed by atoms with Gasteiger partial charge in [0.05, 0.1) is 5.75 Å². The molecular formula is C11H10BrNS2. The van der Waals surface area contributed by atoms with Gasteiger partial charge in [0.2, 0.25) is 5.52 Å². The van der Waals surface area contributed by atoms with Crippen LogP contribution in [0.1, 0.15) is 0 Å². The van der Waals surface area contributed by atoms with E-state index < -0.39 is 0 Å². The first-order valence-corrected chi connectivity index (χ1v) is 6.07. The Bertz CT molecular complexity index is 499. The van der Waals surface area contributed by atoms with Crippen LogP contribution >= 0.6 is 23.1 Å². The predicted octanol–water partition coefficient (Wildman–Crippen LogP) is -0.545. The quantitative estimate of drug-likeness (QED) is 0.409. The molecule has 1 heterocycles. The van der Waals surface area contributed by atoms with Crippen LogP contribution in [0.25, 0.3) is 10.2 Å². The molecular weight excluding hydrogens is 290 g/mol. The Hall–Kier alpha value is -0.500. The fourth-order valence-electron chi connectivity index (χ4n) is 1.31. The number of thioether (sulfide) groups is 1. The highest BCUT2D eigenvalue weighted by molar-refractivity contribution is 8.01. The van der Waals surface area contributed by atoms with Gasteiger partial charge in [-0.05, 0) is 17.8 Å². The number of thiazole rings is 1. The summed E-state index contributed by atoms with van der Waals surface area (Å²) in [7, 11) is 2.08. The fraction of sp³-hybridized carbons (Fsp3) is 0.182. The number of halogens is 1. The van der Waals surface area contributed by atoms with E-state index in [1.54, 1.807) is 23.1 Å². The molecule has 0 aliphatic rings. The second-order valence-corrected chi connectivity index (χ2v) is 5.14. The molecule has 0 saturated heterocycles. The molecule has 0 radical (unpaired) electrons. The van der Waals surface area contributed by atoms with Crippen molar-refractivity contribution in [3.63, 3.8) is 0 Å². The lowest BCUT2D eigenvalue weighted by Gasteiger charge is -1.87. The number of hydrogen-bond donors (Lipinski definition) is 0. The molecule has 2 aromatic rings. The van der Waals surface area contributed by atoms with Gasteiger partial charge in [0.25, 0.3) is 4.34 Å². The van der Waals surface area contributed by atoms with E-state index in [9.17, 15) is 0 Å². The first-order chi connectivity index (χ1) is 6.83. The van der Waals surface area contributed by atoms with Crippen molar-refractivity contribution < 1.29 is 21.5 Å². The number of benzene rings is 1. The highest BCUT2D eigenvalue weighted by atomic mass is 79.9. The molecule has 15 heavy (non-hydrogen) atoms. The summed E-state index contributed by atoms with van der Waals surface area (Å²) in [5, 5.41) is 0. The number of aromatic nitrogens is 1. The Kier molecular flexibility index (Phi) is 4.65. The molecule has 0 amide bonds. The van der Waals surface area contributed by atoms with Crippen LogP contribution in [0.4, 0.5) is 0 Å². The first-order valence-electron chi connectivity index (χ1n) is 4.27. The lowest BCUT2D eigenvalue weighted by molar-refractivity contribution is -0.676. The van der Waals surface area contributed by atoms with Crippen molar-refractivity contribution in [1.29, 1.82) is 0 Å². The molecule has 0 fully saturated rings. The van der Waals surface area contributed by atoms with Gasteiger partial charge in [0.1, 0.15) is 11.7 Å². The molecule has 0 atom stereocenters. The van der Waals surface area contributed by atoms with Gasteiger partial charge in [0.15, 0.2) is 0 Å². The van der Waals surface area contributed by atoms with Gasteiger partial charge in [0, 0.05) is 6.07 Å². The number of terminal acetylenes is 1. The number of aryl methyl sites for hydroxylation is 1. The van der Waals surface area contributed by atoms with E-state index in [1.807, 2.05) is 0 Å². The topological polar surface area (TPSA) is 3.88 Å². The Morgan fingerprint density at radius 1 is 1.47 bits per heavy atom. The summed E-state index contributed by atoms with van der Waals surface area (Å²) in [6.07, 6.45) is 5.25. The molecule has 0 N–H and O–H groups in total. The lowest BCUT2D eigenvalue weighted by Crippen LogP contribution is -3.00. The Morgan fingerprint density at radius 2 is 2.20 bits per heavy atom. The number of rotatable bonds is 2. The monoisotopic (exact) mass is 299 g/mol. The van der Waals surface area contributed by atoms with Crippen LogP contribution in [0, 0.1) is 12.3 Å². The summed E-state index contributed by atoms with van der Waals surface area (Å²) < 4.78 is 4.78. The number of nitrogens with zero attached hydrogens (tertiary/aromatic N) is 1. The zero-order chi connectivity index (χ0) is 9.97. The molecule has 0 spiro atoms. The zero-order valence-corrected chi connectivity index (χ0v) is 11.5. The van der Waals surface area contributed by atoms with Crippen LogP contribution in [0.15, 0.2) is 28.6 Å². The van der Waals surface area contributed by atoms with E-state index >= 15 is 0 Å². The van der Waals surface area contributed by atoms with Gasteiger partial charge in [-0.2, -0.15) is 4.57 Å². The number of fused-ring (bicyclic) bond motifs is 1. The molecule has 1 aromatic carbocycles. The molecule has 0 aliphatic carbocycles. The molecule has 1 nitrogen and oxygen atoms in total. The Labute approximate surface area is 108 Å². The largest absolute Gasteiger partial charge is 1.00 e. The summed E-state index contributed by atoms with van der Waals surface area (Å²) >= 11 is 3.51. The van der Waals surface area contributed by atoms with Crippen LogP contribution < -0.4 is 21.5 Å². The molecule has 0 unspecified atom stereocenters. The van der Waals surface area contributed by atoms with Crippen molar-refractivity contribution in [1.82, 2.24) is 0 Å². The highest BCUT2D eigenvalue weighted by Gasteiger charge is 2.15. The molecule has 78 valence electrons. The van der Waals surface area contributed by atoms with Gasteiger partial charge in [-0.15, -0.1) is 6.42 Å². The van der Waals surface area contributed by atoms with Crippen molar-refractivity contribution in [3.05, 3.63) is 24.3 Å². The average molecular weight is 300 g/mol. The molecule has 0 saturated carbocycles. The van der Waals surface area contributed by atoms with Gasteiger partial charge >= 0.3 is 0 Å². The standard InChI is InChI=1S/C11H10NS2.BrH/c1-3-8-13-11-12(2)9-6-4-5-7-10(9)14-11;/h1,4-7H,8H2,2H3;1H/q+1;/p-1. The number of hydrogen-bond acceptors (Lipinski definition) is 2. The zero-order valence-electron chi connectivity index (χ0n) is 8.24. The molecule has 1 aromatic heterocycles. The van der Waals surface area contributed by atoms with Crippen LogP contribution in [-0.2, 0) is 7.05 Å². The van der Waals surface area contributed by atoms with E-state index in [2.05, 4.69) is 41.8 Å². The molecule has 0 bridgehead atoms. The van der Waals surface area contributed by atoms with Gasteiger partial charge < -0.3 is 17.0 Å². The van der Waals surface area contributed by atoms with E-state index in [0.717, 1.165) is 5.75 Å². The fourth-order valence-corrected chi connectivity index (χ4v) is 3.37. The summed E-state index contributed by atoms with van der Waals surface area (Å²) in [5.41, 5.74) is 1.28. The van der Waals surface area contributed by atoms with Crippen molar-refractivity contribution in [2.75, 3.05) is 5.75 Å². The molecule has 2 rings (SSSR count). The summed E-state index contributed by atoms with van der Waals surface area (Å²) in [6, 6.07) is 8.39. The van der Waals surface area contributed by atoms with Crippen molar-refractivity contribution in [2.45, 2.75) is 4.34 Å². The van der Waals surface area contributed by atoms with E-state index in [-0.39, 0.29) is 17.0 Å². The minimum absolute atomic E-state index is 0. The summed E-state index contributed by atoms with van der Waals surface area (Å²) in [6.45, 7) is 0. The maximum absolute atomic E-state index is 5.25. The summed E-state index contributed by atoms with van der Waals surface area (Å²) in [4.78, 5) is 0. The summed E-state index contributed by atoms with van der Waals surface area (Å²) in [5.74, 6) is 3.38. The van der Waals surface area contributed by atoms with E-state index in [1.165, 1.54) is 14.6 Å². The smallest absolute Gasteiger partial charge is 0.299 e. The average Bonchev–Trinajstić information content (AvgIpc) is 2.54. The highest BCUT2D eigenvalue weighted by Crippen LogP contribution is 2.26. The Morgan fingerprint density at radius 3 is 2.87 bits per heavy atom. The predicted molar refractivity (Wildman–Crippen MR) is 62.6 cm³/mol. The molecule has 0 aliphatic heterocycles. The first kappa shape index (κ1) is 12.6. The maximum atomic E-state index is 5.25. The third-order valence-corrected chi connectivity index (χ3v) is 4.43. The SMILES string of the molecule is C#CCSc1sc2ccccc2[n+]1C.[Br-]. The van der Waals surface area contributed by atoms with Gasteiger partial charge in [-0.3, -0.25) is 0 Å². The number of para-hydroxylation sites is 1. The van der Waals surface area contributed by atoms with Crippen LogP contribution in [0.2, 0.25) is 0 Å². The van der Waals surface area contributed by atoms with Crippen LogP contribution in [0.5, 0.6) is 0 Å². The Balaban J connectivity index is 0.00000112. The van der Waals surface area contributed by atoms with E-state index in [4.69, 9.17) is 6.42 Å². The van der Waals surface area contributed by atoms with Gasteiger partial charge in [-0.1, -0.05) is 29.4 Å². The van der Waals surface area contributed by atoms with Crippen LogP contribution in [-0.4, -0.2) is 5.75 Å². The van der Waals surface area contributed by atoms with Crippen molar-refractivity contribution in [3.8, 4) is 12.3 Å². The third kappa shape index (κ3) is 2.54. The second kappa shape index (κ2) is 5.55. The minimum atomic E-state index is 0. The van der Waals surface area contributed by atoms with Gasteiger partial charge in [-0.25, -0.2) is 0 Å². The van der Waals surface area contributed by atoms with Crippen molar-refractivity contribution >= 4 is 33.3 Å². The second-order valence-electron chi connectivity index (χ2n) is 2.89. The van der Waals surface area contributed by atoms with Crippen LogP contribution in [0.3, 0.4) is 0 Å². The van der Waals surface area contributed by atoms with E-state index in [0.29, 0.717) is 0 Å². The molecule has 4 heteroatoms. The minimum Gasteiger partial charge on any atom is -1.00 e.